The summed E-state index contributed by atoms with van der Waals surface area (Å²) in [5.74, 6) is -0.0601. The maximum atomic E-state index is 13.4. The average molecular weight is 215 g/mol. The molecule has 4 heteroatoms. The third-order valence-corrected chi connectivity index (χ3v) is 3.57. The lowest BCUT2D eigenvalue weighted by atomic mass is 10.0. The Morgan fingerprint density at radius 3 is 2.93 bits per heavy atom. The molecule has 0 spiro atoms. The molecule has 0 fully saturated rings. The largest absolute Gasteiger partial charge is 0.313 e. The molecule has 0 aliphatic carbocycles. The first-order valence-electron chi connectivity index (χ1n) is 4.51. The topological polar surface area (TPSA) is 12.0 Å². The van der Waals surface area contributed by atoms with Crippen LogP contribution in [0.1, 0.15) is 18.0 Å². The van der Waals surface area contributed by atoms with Crippen LogP contribution in [0, 0.1) is 11.6 Å². The highest BCUT2D eigenvalue weighted by Gasteiger charge is 2.22. The first-order chi connectivity index (χ1) is 6.72. The van der Waals surface area contributed by atoms with Gasteiger partial charge in [-0.25, -0.2) is 8.78 Å². The van der Waals surface area contributed by atoms with Gasteiger partial charge in [-0.15, -0.1) is 11.8 Å². The first kappa shape index (κ1) is 9.93. The molecule has 0 bridgehead atoms. The van der Waals surface area contributed by atoms with Crippen LogP contribution in [0.4, 0.5) is 8.78 Å². The maximum absolute atomic E-state index is 13.4. The van der Waals surface area contributed by atoms with E-state index >= 15 is 0 Å². The van der Waals surface area contributed by atoms with E-state index in [4.69, 9.17) is 0 Å². The van der Waals surface area contributed by atoms with Crippen LogP contribution in [0.15, 0.2) is 17.0 Å². The van der Waals surface area contributed by atoms with Gasteiger partial charge in [0.15, 0.2) is 0 Å². The van der Waals surface area contributed by atoms with E-state index in [0.29, 0.717) is 4.90 Å². The van der Waals surface area contributed by atoms with Crippen LogP contribution in [-0.4, -0.2) is 12.8 Å². The third-order valence-electron chi connectivity index (χ3n) is 2.41. The van der Waals surface area contributed by atoms with Crippen LogP contribution in [0.2, 0.25) is 0 Å². The molecule has 1 aliphatic rings. The monoisotopic (exact) mass is 215 g/mol. The number of rotatable bonds is 1. The quantitative estimate of drug-likeness (QED) is 0.773. The third kappa shape index (κ3) is 1.64. The molecule has 2 rings (SSSR count). The Morgan fingerprint density at radius 1 is 1.43 bits per heavy atom. The summed E-state index contributed by atoms with van der Waals surface area (Å²) >= 11 is 1.46. The van der Waals surface area contributed by atoms with Crippen molar-refractivity contribution in [1.29, 1.82) is 0 Å². The predicted molar refractivity (Wildman–Crippen MR) is 53.5 cm³/mol. The molecule has 0 saturated heterocycles. The first-order valence-corrected chi connectivity index (χ1v) is 5.50. The summed E-state index contributed by atoms with van der Waals surface area (Å²) in [5.41, 5.74) is 0.751. The minimum Gasteiger partial charge on any atom is -0.313 e. The van der Waals surface area contributed by atoms with E-state index in [9.17, 15) is 8.78 Å². The van der Waals surface area contributed by atoms with Crippen molar-refractivity contribution >= 4 is 11.8 Å². The number of hydrogen-bond donors (Lipinski definition) is 1. The highest BCUT2D eigenvalue weighted by Crippen LogP contribution is 2.38. The van der Waals surface area contributed by atoms with Crippen LogP contribution >= 0.6 is 11.8 Å². The predicted octanol–water partition coefficient (Wildman–Crippen LogP) is 2.72. The molecule has 1 aromatic carbocycles. The minimum atomic E-state index is -0.496. The van der Waals surface area contributed by atoms with Crippen LogP contribution in [-0.2, 0) is 0 Å². The highest BCUT2D eigenvalue weighted by molar-refractivity contribution is 7.99. The zero-order chi connectivity index (χ0) is 10.1. The lowest BCUT2D eigenvalue weighted by Crippen LogP contribution is -2.21. The molecular weight excluding hydrogens is 204 g/mol. The van der Waals surface area contributed by atoms with Crippen molar-refractivity contribution in [3.05, 3.63) is 29.3 Å². The Labute approximate surface area is 85.9 Å². The SMILES string of the molecule is CNC1CCSc2c(F)cc(F)cc21. The van der Waals surface area contributed by atoms with Crippen LogP contribution in [0.3, 0.4) is 0 Å². The number of halogens is 2. The second kappa shape index (κ2) is 3.87. The molecule has 1 N–H and O–H groups in total. The van der Waals surface area contributed by atoms with Gasteiger partial charge in [-0.05, 0) is 30.9 Å². The van der Waals surface area contributed by atoms with Gasteiger partial charge in [0.1, 0.15) is 11.6 Å². The molecule has 1 atom stereocenters. The Hall–Kier alpha value is -0.610. The molecule has 1 aromatic rings. The van der Waals surface area contributed by atoms with Gasteiger partial charge in [-0.3, -0.25) is 0 Å². The van der Waals surface area contributed by atoms with Gasteiger partial charge in [0.05, 0.1) is 0 Å². The van der Waals surface area contributed by atoms with Gasteiger partial charge in [-0.1, -0.05) is 0 Å². The van der Waals surface area contributed by atoms with Crippen LogP contribution in [0.5, 0.6) is 0 Å². The van der Waals surface area contributed by atoms with Gasteiger partial charge in [0, 0.05) is 17.0 Å². The molecule has 1 nitrogen and oxygen atoms in total. The molecular formula is C10H11F2NS. The maximum Gasteiger partial charge on any atom is 0.140 e. The second-order valence-electron chi connectivity index (χ2n) is 3.28. The summed E-state index contributed by atoms with van der Waals surface area (Å²) in [6, 6.07) is 2.45. The standard InChI is InChI=1S/C10H11F2NS/c1-13-9-2-3-14-10-7(9)4-6(11)5-8(10)12/h4-5,9,13H,2-3H2,1H3. The molecule has 0 radical (unpaired) electrons. The van der Waals surface area contributed by atoms with Crippen LogP contribution in [0.25, 0.3) is 0 Å². The van der Waals surface area contributed by atoms with Crippen molar-refractivity contribution in [3.63, 3.8) is 0 Å². The molecule has 0 saturated carbocycles. The summed E-state index contributed by atoms with van der Waals surface area (Å²) < 4.78 is 26.3. The Kier molecular flexibility index (Phi) is 2.74. The van der Waals surface area contributed by atoms with Crippen molar-refractivity contribution in [2.24, 2.45) is 0 Å². The van der Waals surface area contributed by atoms with Gasteiger partial charge >= 0.3 is 0 Å². The fourth-order valence-electron chi connectivity index (χ4n) is 1.73. The molecule has 1 aliphatic heterocycles. The summed E-state index contributed by atoms with van der Waals surface area (Å²) in [6.45, 7) is 0. The Morgan fingerprint density at radius 2 is 2.21 bits per heavy atom. The van der Waals surface area contributed by atoms with Gasteiger partial charge in [0.25, 0.3) is 0 Å². The van der Waals surface area contributed by atoms with Crippen molar-refractivity contribution in [2.45, 2.75) is 17.4 Å². The van der Waals surface area contributed by atoms with Crippen molar-refractivity contribution in [3.8, 4) is 0 Å². The molecule has 0 aromatic heterocycles. The van der Waals surface area contributed by atoms with Gasteiger partial charge in [0.2, 0.25) is 0 Å². The number of thioether (sulfide) groups is 1. The fraction of sp³-hybridized carbons (Fsp3) is 0.400. The highest BCUT2D eigenvalue weighted by atomic mass is 32.2. The van der Waals surface area contributed by atoms with E-state index in [1.54, 1.807) is 0 Å². The smallest absolute Gasteiger partial charge is 0.140 e. The fourth-order valence-corrected chi connectivity index (χ4v) is 2.85. The summed E-state index contributed by atoms with van der Waals surface area (Å²) in [6.07, 6.45) is 0.914. The summed E-state index contributed by atoms with van der Waals surface area (Å²) in [7, 11) is 1.81. The molecule has 0 amide bonds. The number of nitrogens with one attached hydrogen (secondary N) is 1. The lowest BCUT2D eigenvalue weighted by molar-refractivity contribution is 0.516. The summed E-state index contributed by atoms with van der Waals surface area (Å²) in [4.78, 5) is 0.594. The normalized spacial score (nSPS) is 20.6. The van der Waals surface area contributed by atoms with Crippen molar-refractivity contribution in [1.82, 2.24) is 5.32 Å². The number of hydrogen-bond acceptors (Lipinski definition) is 2. The van der Waals surface area contributed by atoms with E-state index in [1.807, 2.05) is 7.05 Å². The van der Waals surface area contributed by atoms with Crippen molar-refractivity contribution in [2.75, 3.05) is 12.8 Å². The molecule has 1 unspecified atom stereocenters. The summed E-state index contributed by atoms with van der Waals surface area (Å²) in [5, 5.41) is 3.07. The minimum absolute atomic E-state index is 0.0800. The average Bonchev–Trinajstić information content (AvgIpc) is 2.17. The van der Waals surface area contributed by atoms with Gasteiger partial charge in [-0.2, -0.15) is 0 Å². The van der Waals surface area contributed by atoms with E-state index in [0.717, 1.165) is 23.8 Å². The lowest BCUT2D eigenvalue weighted by Gasteiger charge is -2.24. The van der Waals surface area contributed by atoms with Crippen molar-refractivity contribution < 1.29 is 8.78 Å². The number of fused-ring (bicyclic) bond motifs is 1. The molecule has 14 heavy (non-hydrogen) atoms. The van der Waals surface area contributed by atoms with E-state index in [2.05, 4.69) is 5.32 Å². The van der Waals surface area contributed by atoms with E-state index < -0.39 is 11.6 Å². The van der Waals surface area contributed by atoms with E-state index in [-0.39, 0.29) is 6.04 Å². The number of benzene rings is 1. The van der Waals surface area contributed by atoms with Gasteiger partial charge < -0.3 is 5.32 Å². The van der Waals surface area contributed by atoms with E-state index in [1.165, 1.54) is 17.8 Å². The zero-order valence-electron chi connectivity index (χ0n) is 7.81. The zero-order valence-corrected chi connectivity index (χ0v) is 8.63. The molecule has 76 valence electrons. The second-order valence-corrected chi connectivity index (χ2v) is 4.39. The Balaban J connectivity index is 2.51. The molecule has 1 heterocycles. The Bertz CT molecular complexity index is 354. The van der Waals surface area contributed by atoms with Crippen LogP contribution < -0.4 is 5.32 Å².